The zero-order valence-electron chi connectivity index (χ0n) is 13.4. The van der Waals surface area contributed by atoms with Gasteiger partial charge in [-0.15, -0.1) is 0 Å². The van der Waals surface area contributed by atoms with Crippen LogP contribution in [-0.4, -0.2) is 33.1 Å². The number of allylic oxidation sites excluding steroid dienone is 1. The summed E-state index contributed by atoms with van der Waals surface area (Å²) >= 11 is 1.71. The van der Waals surface area contributed by atoms with Gasteiger partial charge in [0.2, 0.25) is 0 Å². The predicted molar refractivity (Wildman–Crippen MR) is 88.7 cm³/mol. The molecular weight excluding hydrogens is 298 g/mol. The number of fused-ring (bicyclic) bond motifs is 2. The van der Waals surface area contributed by atoms with Gasteiger partial charge in [0.05, 0.1) is 19.9 Å². The zero-order chi connectivity index (χ0) is 15.9. The quantitative estimate of drug-likeness (QED) is 0.845. The molecule has 1 heterocycles. The maximum Gasteiger partial charge on any atom is 0.186 e. The van der Waals surface area contributed by atoms with Crippen molar-refractivity contribution in [1.29, 1.82) is 0 Å². The Morgan fingerprint density at radius 2 is 1.86 bits per heavy atom. The maximum atomic E-state index is 5.61. The van der Waals surface area contributed by atoms with E-state index < -0.39 is 0 Å². The van der Waals surface area contributed by atoms with Gasteiger partial charge in [-0.2, -0.15) is 0 Å². The van der Waals surface area contributed by atoms with Gasteiger partial charge in [0.15, 0.2) is 11.5 Å². The van der Waals surface area contributed by atoms with Crippen LogP contribution in [0.1, 0.15) is 12.5 Å². The fourth-order valence-electron chi connectivity index (χ4n) is 2.78. The Morgan fingerprint density at radius 1 is 1.09 bits per heavy atom. The van der Waals surface area contributed by atoms with Crippen LogP contribution in [0.15, 0.2) is 50.1 Å². The van der Waals surface area contributed by atoms with Crippen molar-refractivity contribution >= 4 is 23.2 Å². The molecule has 0 fully saturated rings. The third kappa shape index (κ3) is 2.25. The molecule has 0 N–H and O–H groups in total. The van der Waals surface area contributed by atoms with Gasteiger partial charge in [-0.25, -0.2) is 4.99 Å². The molecule has 0 saturated heterocycles. The van der Waals surface area contributed by atoms with Crippen LogP contribution in [-0.2, 0) is 14.2 Å². The molecule has 1 aliphatic heterocycles. The highest BCUT2D eigenvalue weighted by atomic mass is 32.2. The van der Waals surface area contributed by atoms with E-state index in [-0.39, 0.29) is 6.10 Å². The molecule has 0 amide bonds. The smallest absolute Gasteiger partial charge is 0.186 e. The molecule has 1 aromatic carbocycles. The van der Waals surface area contributed by atoms with E-state index in [0.717, 1.165) is 26.8 Å². The van der Waals surface area contributed by atoms with Crippen molar-refractivity contribution in [1.82, 2.24) is 0 Å². The van der Waals surface area contributed by atoms with Gasteiger partial charge in [-0.05, 0) is 37.1 Å². The van der Waals surface area contributed by atoms with Crippen LogP contribution in [0.3, 0.4) is 0 Å². The highest BCUT2D eigenvalue weighted by Gasteiger charge is 2.37. The minimum absolute atomic E-state index is 0.242. The second-order valence-corrected chi connectivity index (χ2v) is 6.32. The van der Waals surface area contributed by atoms with Crippen LogP contribution in [0.4, 0.5) is 5.69 Å². The first kappa shape index (κ1) is 15.2. The van der Waals surface area contributed by atoms with Crippen LogP contribution in [0.5, 0.6) is 0 Å². The fourth-order valence-corrected chi connectivity index (χ4v) is 3.85. The van der Waals surface area contributed by atoms with E-state index in [0.29, 0.717) is 11.5 Å². The standard InChI is InChI=1S/C17H19NO3S/c1-9-6-7-12-11(8-9)18-13-15(20-4)16(21-5)14(19-3)10(2)17(13)22-12/h6-8,14H,1-5H3. The number of benzene rings is 1. The number of rotatable bonds is 3. The molecule has 116 valence electrons. The minimum Gasteiger partial charge on any atom is -0.494 e. The monoisotopic (exact) mass is 317 g/mol. The van der Waals surface area contributed by atoms with Crippen molar-refractivity contribution in [2.75, 3.05) is 21.3 Å². The number of aliphatic imine (C=N–C) groups is 1. The number of methoxy groups -OCH3 is 3. The summed E-state index contributed by atoms with van der Waals surface area (Å²) < 4.78 is 16.7. The van der Waals surface area contributed by atoms with E-state index in [2.05, 4.69) is 32.0 Å². The summed E-state index contributed by atoms with van der Waals surface area (Å²) in [6, 6.07) is 6.30. The topological polar surface area (TPSA) is 40.0 Å². The van der Waals surface area contributed by atoms with Crippen LogP contribution >= 0.6 is 11.8 Å². The maximum absolute atomic E-state index is 5.61. The van der Waals surface area contributed by atoms with Gasteiger partial charge < -0.3 is 14.2 Å². The molecule has 3 rings (SSSR count). The van der Waals surface area contributed by atoms with Gasteiger partial charge in [-0.1, -0.05) is 17.8 Å². The highest BCUT2D eigenvalue weighted by molar-refractivity contribution is 8.04. The van der Waals surface area contributed by atoms with Crippen molar-refractivity contribution in [3.8, 4) is 0 Å². The highest BCUT2D eigenvalue weighted by Crippen LogP contribution is 2.47. The van der Waals surface area contributed by atoms with Crippen molar-refractivity contribution in [3.05, 3.63) is 45.8 Å². The lowest BCUT2D eigenvalue weighted by molar-refractivity contribution is 0.0898. The van der Waals surface area contributed by atoms with Gasteiger partial charge >= 0.3 is 0 Å². The SMILES string of the molecule is COC1=C(OC)C(OC)C(C)=C2Sc3ccc(C)cc3N=C12. The summed E-state index contributed by atoms with van der Waals surface area (Å²) in [5.74, 6) is 1.32. The molecule has 1 unspecified atom stereocenters. The molecule has 0 bridgehead atoms. The third-order valence-electron chi connectivity index (χ3n) is 3.86. The molecule has 5 heteroatoms. The Bertz CT molecular complexity index is 719. The van der Waals surface area contributed by atoms with Crippen molar-refractivity contribution < 1.29 is 14.2 Å². The Kier molecular flexibility index (Phi) is 4.02. The molecule has 0 saturated carbocycles. The zero-order valence-corrected chi connectivity index (χ0v) is 14.2. The van der Waals surface area contributed by atoms with E-state index in [9.17, 15) is 0 Å². The normalized spacial score (nSPS) is 20.4. The Labute approximate surface area is 134 Å². The van der Waals surface area contributed by atoms with Gasteiger partial charge in [0.1, 0.15) is 11.8 Å². The molecule has 2 aliphatic rings. The van der Waals surface area contributed by atoms with Crippen LogP contribution in [0.2, 0.25) is 0 Å². The summed E-state index contributed by atoms with van der Waals surface area (Å²) in [6.45, 7) is 4.12. The molecule has 0 radical (unpaired) electrons. The van der Waals surface area contributed by atoms with E-state index in [1.165, 1.54) is 5.56 Å². The molecular formula is C17H19NO3S. The van der Waals surface area contributed by atoms with E-state index in [1.807, 2.05) is 0 Å². The lowest BCUT2D eigenvalue weighted by Gasteiger charge is -2.31. The van der Waals surface area contributed by atoms with Gasteiger partial charge in [-0.3, -0.25) is 0 Å². The number of thioether (sulfide) groups is 1. The molecule has 22 heavy (non-hydrogen) atoms. The number of nitrogens with zero attached hydrogens (tertiary/aromatic N) is 1. The molecule has 0 aromatic heterocycles. The largest absolute Gasteiger partial charge is 0.494 e. The molecule has 1 aromatic rings. The van der Waals surface area contributed by atoms with E-state index >= 15 is 0 Å². The van der Waals surface area contributed by atoms with Crippen molar-refractivity contribution in [2.45, 2.75) is 24.8 Å². The summed E-state index contributed by atoms with van der Waals surface area (Å²) in [6.07, 6.45) is -0.242. The lowest BCUT2D eigenvalue weighted by Crippen LogP contribution is -2.29. The first-order valence-electron chi connectivity index (χ1n) is 7.04. The second-order valence-electron chi connectivity index (χ2n) is 5.26. The molecule has 1 atom stereocenters. The van der Waals surface area contributed by atoms with Crippen LogP contribution < -0.4 is 0 Å². The Morgan fingerprint density at radius 3 is 2.50 bits per heavy atom. The van der Waals surface area contributed by atoms with Crippen LogP contribution in [0, 0.1) is 6.92 Å². The average molecular weight is 317 g/mol. The minimum atomic E-state index is -0.242. The number of ether oxygens (including phenoxy) is 3. The summed E-state index contributed by atoms with van der Waals surface area (Å²) in [7, 11) is 4.94. The third-order valence-corrected chi connectivity index (χ3v) is 5.15. The Balaban J connectivity index is 2.23. The summed E-state index contributed by atoms with van der Waals surface area (Å²) in [5, 5.41) is 0. The summed E-state index contributed by atoms with van der Waals surface area (Å²) in [4.78, 5) is 7.05. The fraction of sp³-hybridized carbons (Fsp3) is 0.353. The van der Waals surface area contributed by atoms with Crippen molar-refractivity contribution in [3.63, 3.8) is 0 Å². The predicted octanol–water partition coefficient (Wildman–Crippen LogP) is 3.98. The average Bonchev–Trinajstić information content (AvgIpc) is 2.53. The second kappa shape index (κ2) is 5.82. The van der Waals surface area contributed by atoms with Gasteiger partial charge in [0.25, 0.3) is 0 Å². The lowest BCUT2D eigenvalue weighted by atomic mass is 9.98. The van der Waals surface area contributed by atoms with Crippen LogP contribution in [0.25, 0.3) is 0 Å². The van der Waals surface area contributed by atoms with Crippen molar-refractivity contribution in [2.24, 2.45) is 4.99 Å². The summed E-state index contributed by atoms with van der Waals surface area (Å²) in [5.41, 5.74) is 4.08. The first-order chi connectivity index (χ1) is 10.6. The number of aryl methyl sites for hydroxylation is 1. The molecule has 4 nitrogen and oxygen atoms in total. The molecule has 0 spiro atoms. The number of hydrogen-bond donors (Lipinski definition) is 0. The van der Waals surface area contributed by atoms with Gasteiger partial charge in [0, 0.05) is 16.9 Å². The van der Waals surface area contributed by atoms with E-state index in [4.69, 9.17) is 19.2 Å². The number of hydrogen-bond acceptors (Lipinski definition) is 5. The first-order valence-corrected chi connectivity index (χ1v) is 7.86. The molecule has 1 aliphatic carbocycles. The van der Waals surface area contributed by atoms with E-state index in [1.54, 1.807) is 33.1 Å². The Hall–Kier alpha value is -1.72.